The Labute approximate surface area is 106 Å². The number of hydrogen-bond acceptors (Lipinski definition) is 6. The van der Waals surface area contributed by atoms with Crippen LogP contribution in [0.1, 0.15) is 0 Å². The number of nitriles is 4. The third-order valence-electron chi connectivity index (χ3n) is 3.33. The highest BCUT2D eigenvalue weighted by molar-refractivity contribution is 5.19. The summed E-state index contributed by atoms with van der Waals surface area (Å²) in [5.74, 6) is -3.11. The third kappa shape index (κ3) is 2.01. The van der Waals surface area contributed by atoms with Gasteiger partial charge in [-0.25, -0.2) is 0 Å². The van der Waals surface area contributed by atoms with Crippen molar-refractivity contribution < 1.29 is 9.47 Å². The molecule has 18 heavy (non-hydrogen) atoms. The zero-order valence-corrected chi connectivity index (χ0v) is 10.1. The molecule has 0 aliphatic heterocycles. The van der Waals surface area contributed by atoms with Gasteiger partial charge in [0.05, 0.1) is 60.2 Å². The van der Waals surface area contributed by atoms with Crippen LogP contribution in [0.2, 0.25) is 0 Å². The predicted molar refractivity (Wildman–Crippen MR) is 58.0 cm³/mol. The van der Waals surface area contributed by atoms with Crippen LogP contribution < -0.4 is 0 Å². The maximum Gasteiger partial charge on any atom is 0.0922 e. The molecule has 0 saturated heterocycles. The average Bonchev–Trinajstić information content (AvgIpc) is 2.43. The van der Waals surface area contributed by atoms with Crippen LogP contribution in [-0.2, 0) is 9.47 Å². The van der Waals surface area contributed by atoms with Crippen LogP contribution in [0.3, 0.4) is 0 Å². The molecule has 0 aromatic rings. The summed E-state index contributed by atoms with van der Waals surface area (Å²) in [6.07, 6.45) is -1.50. The molecule has 0 aromatic heterocycles. The number of methoxy groups -OCH3 is 2. The molecule has 92 valence electrons. The molecular weight excluding hydrogens is 232 g/mol. The van der Waals surface area contributed by atoms with Crippen molar-refractivity contribution >= 4 is 0 Å². The van der Waals surface area contributed by atoms with Gasteiger partial charge in [-0.3, -0.25) is 0 Å². The van der Waals surface area contributed by atoms with E-state index in [0.29, 0.717) is 0 Å². The molecule has 1 aliphatic carbocycles. The van der Waals surface area contributed by atoms with Crippen molar-refractivity contribution in [3.8, 4) is 24.3 Å². The van der Waals surface area contributed by atoms with Crippen molar-refractivity contribution in [1.82, 2.24) is 0 Å². The molecule has 0 aromatic carbocycles. The van der Waals surface area contributed by atoms with Crippen molar-refractivity contribution in [2.24, 2.45) is 23.7 Å². The van der Waals surface area contributed by atoms with Crippen LogP contribution in [0.15, 0.2) is 0 Å². The second-order valence-electron chi connectivity index (χ2n) is 4.02. The zero-order chi connectivity index (χ0) is 13.7. The highest BCUT2D eigenvalue weighted by Gasteiger charge is 2.52. The summed E-state index contributed by atoms with van der Waals surface area (Å²) in [5.41, 5.74) is 0. The quantitative estimate of drug-likeness (QED) is 0.702. The minimum absolute atomic E-state index is 0.749. The Morgan fingerprint density at radius 1 is 0.611 bits per heavy atom. The van der Waals surface area contributed by atoms with E-state index >= 15 is 0 Å². The van der Waals surface area contributed by atoms with Crippen molar-refractivity contribution in [2.75, 3.05) is 14.2 Å². The fourth-order valence-corrected chi connectivity index (χ4v) is 2.47. The van der Waals surface area contributed by atoms with Gasteiger partial charge in [0.25, 0.3) is 0 Å². The van der Waals surface area contributed by atoms with Gasteiger partial charge in [-0.05, 0) is 0 Å². The van der Waals surface area contributed by atoms with Crippen LogP contribution >= 0.6 is 0 Å². The molecule has 0 heterocycles. The van der Waals surface area contributed by atoms with E-state index in [9.17, 15) is 0 Å². The molecule has 0 radical (unpaired) electrons. The van der Waals surface area contributed by atoms with Crippen LogP contribution in [-0.4, -0.2) is 26.4 Å². The lowest BCUT2D eigenvalue weighted by Crippen LogP contribution is -2.52. The summed E-state index contributed by atoms with van der Waals surface area (Å²) in [4.78, 5) is 0. The number of ether oxygens (including phenoxy) is 2. The van der Waals surface area contributed by atoms with Crippen LogP contribution in [0.25, 0.3) is 0 Å². The van der Waals surface area contributed by atoms with Gasteiger partial charge < -0.3 is 9.47 Å². The fourth-order valence-electron chi connectivity index (χ4n) is 2.47. The number of hydrogen-bond donors (Lipinski definition) is 0. The molecular formula is C12H12N4O2. The van der Waals surface area contributed by atoms with Gasteiger partial charge in [-0.15, -0.1) is 0 Å². The summed E-state index contributed by atoms with van der Waals surface area (Å²) in [7, 11) is 2.74. The van der Waals surface area contributed by atoms with E-state index in [0.717, 1.165) is 0 Å². The van der Waals surface area contributed by atoms with E-state index in [2.05, 4.69) is 0 Å². The van der Waals surface area contributed by atoms with E-state index in [1.54, 1.807) is 0 Å². The molecule has 1 fully saturated rings. The Morgan fingerprint density at radius 2 is 0.833 bits per heavy atom. The third-order valence-corrected chi connectivity index (χ3v) is 3.33. The molecule has 6 heteroatoms. The molecule has 0 bridgehead atoms. The fraction of sp³-hybridized carbons (Fsp3) is 0.667. The first-order valence-electron chi connectivity index (χ1n) is 5.34. The zero-order valence-electron chi connectivity index (χ0n) is 10.1. The summed E-state index contributed by atoms with van der Waals surface area (Å²) < 4.78 is 10.3. The van der Waals surface area contributed by atoms with Crippen molar-refractivity contribution in [2.45, 2.75) is 12.2 Å². The predicted octanol–water partition coefficient (Wildman–Crippen LogP) is 0.589. The monoisotopic (exact) mass is 244 g/mol. The van der Waals surface area contributed by atoms with E-state index in [1.165, 1.54) is 14.2 Å². The minimum atomic E-state index is -0.779. The highest BCUT2D eigenvalue weighted by Crippen LogP contribution is 2.40. The van der Waals surface area contributed by atoms with Crippen LogP contribution in [0.4, 0.5) is 0 Å². The lowest BCUT2D eigenvalue weighted by Gasteiger charge is -2.40. The standard InChI is InChI=1S/C12H12N4O2/c1-17-11-7(3-13)9(5-15)12(18-2)10(6-16)8(11)4-14/h7-12H,1-2H3. The Balaban J connectivity index is 3.27. The van der Waals surface area contributed by atoms with Crippen LogP contribution in [0.5, 0.6) is 0 Å². The first-order chi connectivity index (χ1) is 8.69. The van der Waals surface area contributed by atoms with Gasteiger partial charge in [-0.2, -0.15) is 21.0 Å². The normalized spacial score (nSPS) is 38.8. The Morgan fingerprint density at radius 3 is 0.944 bits per heavy atom. The molecule has 0 amide bonds. The molecule has 6 nitrogen and oxygen atoms in total. The summed E-state index contributed by atoms with van der Waals surface area (Å²) in [5, 5.41) is 36.6. The lowest BCUT2D eigenvalue weighted by atomic mass is 9.66. The summed E-state index contributed by atoms with van der Waals surface area (Å²) in [6.45, 7) is 0. The Bertz CT molecular complexity index is 380. The van der Waals surface area contributed by atoms with E-state index in [-0.39, 0.29) is 0 Å². The van der Waals surface area contributed by atoms with Gasteiger partial charge in [0, 0.05) is 14.2 Å². The van der Waals surface area contributed by atoms with Crippen molar-refractivity contribution in [3.05, 3.63) is 0 Å². The lowest BCUT2D eigenvalue weighted by molar-refractivity contribution is -0.0843. The molecule has 4 atom stereocenters. The Kier molecular flexibility index (Phi) is 4.64. The largest absolute Gasteiger partial charge is 0.379 e. The molecule has 1 rings (SSSR count). The molecule has 0 N–H and O–H groups in total. The minimum Gasteiger partial charge on any atom is -0.379 e. The summed E-state index contributed by atoms with van der Waals surface area (Å²) >= 11 is 0. The van der Waals surface area contributed by atoms with Gasteiger partial charge in [-0.1, -0.05) is 0 Å². The van der Waals surface area contributed by atoms with E-state index in [1.807, 2.05) is 24.3 Å². The van der Waals surface area contributed by atoms with Crippen molar-refractivity contribution in [1.29, 1.82) is 21.0 Å². The van der Waals surface area contributed by atoms with Gasteiger partial charge >= 0.3 is 0 Å². The molecule has 4 unspecified atom stereocenters. The average molecular weight is 244 g/mol. The van der Waals surface area contributed by atoms with E-state index < -0.39 is 35.9 Å². The second-order valence-corrected chi connectivity index (χ2v) is 4.02. The van der Waals surface area contributed by atoms with Gasteiger partial charge in [0.1, 0.15) is 0 Å². The van der Waals surface area contributed by atoms with Crippen molar-refractivity contribution in [3.63, 3.8) is 0 Å². The molecule has 1 saturated carbocycles. The first-order valence-corrected chi connectivity index (χ1v) is 5.34. The van der Waals surface area contributed by atoms with Gasteiger partial charge in [0.2, 0.25) is 0 Å². The second kappa shape index (κ2) is 5.99. The highest BCUT2D eigenvalue weighted by atomic mass is 16.5. The smallest absolute Gasteiger partial charge is 0.0922 e. The molecule has 1 aliphatic rings. The van der Waals surface area contributed by atoms with E-state index in [4.69, 9.17) is 30.5 Å². The first kappa shape index (κ1) is 13.9. The maximum absolute atomic E-state index is 9.15. The molecule has 0 spiro atoms. The maximum atomic E-state index is 9.15. The topological polar surface area (TPSA) is 114 Å². The SMILES string of the molecule is COC1C(C#N)C(C#N)C(OC)C(C#N)C1C#N. The number of nitrogens with zero attached hydrogens (tertiary/aromatic N) is 4. The summed E-state index contributed by atoms with van der Waals surface area (Å²) in [6, 6.07) is 7.96. The Hall–Kier alpha value is -2.12. The number of rotatable bonds is 2. The van der Waals surface area contributed by atoms with Crippen LogP contribution in [0, 0.1) is 69.0 Å². The van der Waals surface area contributed by atoms with Gasteiger partial charge in [0.15, 0.2) is 0 Å².